The van der Waals surface area contributed by atoms with E-state index in [-0.39, 0.29) is 0 Å². The van der Waals surface area contributed by atoms with Crippen LogP contribution in [0.25, 0.3) is 16.6 Å². The zero-order valence-corrected chi connectivity index (χ0v) is 8.70. The van der Waals surface area contributed by atoms with Crippen LogP contribution in [0.4, 0.5) is 5.82 Å². The van der Waals surface area contributed by atoms with Crippen molar-refractivity contribution in [2.24, 2.45) is 7.05 Å². The van der Waals surface area contributed by atoms with Crippen molar-refractivity contribution >= 4 is 11.3 Å². The van der Waals surface area contributed by atoms with Crippen molar-refractivity contribution in [3.8, 4) is 11.1 Å². The maximum atomic E-state index is 5.76. The molecule has 0 aliphatic rings. The van der Waals surface area contributed by atoms with Gasteiger partial charge in [0.25, 0.3) is 0 Å². The summed E-state index contributed by atoms with van der Waals surface area (Å²) in [5, 5.41) is 8.22. The average Bonchev–Trinajstić information content (AvgIpc) is 2.84. The number of hydrogen-bond donors (Lipinski definition) is 1. The molecule has 0 bridgehead atoms. The van der Waals surface area contributed by atoms with Gasteiger partial charge in [0, 0.05) is 30.6 Å². The second-order valence-corrected chi connectivity index (χ2v) is 3.61. The number of fused-ring (bicyclic) bond motifs is 1. The van der Waals surface area contributed by atoms with Gasteiger partial charge in [-0.25, -0.2) is 9.50 Å². The molecule has 3 heterocycles. The molecule has 0 aromatic carbocycles. The van der Waals surface area contributed by atoms with Crippen molar-refractivity contribution in [2.45, 2.75) is 0 Å². The van der Waals surface area contributed by atoms with Gasteiger partial charge in [-0.3, -0.25) is 4.68 Å². The van der Waals surface area contributed by atoms with Crippen LogP contribution in [0.3, 0.4) is 0 Å². The van der Waals surface area contributed by atoms with Gasteiger partial charge in [0.05, 0.1) is 6.20 Å². The molecule has 0 atom stereocenters. The molecule has 0 saturated heterocycles. The minimum atomic E-state index is 0.477. The van der Waals surface area contributed by atoms with Crippen molar-refractivity contribution in [2.75, 3.05) is 5.73 Å². The quantitative estimate of drug-likeness (QED) is 0.647. The fraction of sp³-hybridized carbons (Fsp3) is 0.100. The number of nitrogen functional groups attached to an aromatic ring is 1. The van der Waals surface area contributed by atoms with Crippen molar-refractivity contribution in [3.63, 3.8) is 0 Å². The first-order valence-electron chi connectivity index (χ1n) is 4.82. The predicted molar refractivity (Wildman–Crippen MR) is 59.6 cm³/mol. The molecule has 0 radical (unpaired) electrons. The number of rotatable bonds is 1. The Bertz CT molecular complexity index is 650. The molecule has 80 valence electrons. The van der Waals surface area contributed by atoms with Crippen molar-refractivity contribution in [3.05, 3.63) is 31.0 Å². The molecule has 0 amide bonds. The van der Waals surface area contributed by atoms with E-state index in [4.69, 9.17) is 5.73 Å². The number of nitrogens with two attached hydrogens (primary N) is 1. The largest absolute Gasteiger partial charge is 0.382 e. The van der Waals surface area contributed by atoms with Crippen molar-refractivity contribution in [1.29, 1.82) is 0 Å². The first kappa shape index (κ1) is 8.90. The first-order chi connectivity index (χ1) is 7.74. The monoisotopic (exact) mass is 214 g/mol. The van der Waals surface area contributed by atoms with Crippen LogP contribution in [0, 0.1) is 0 Å². The number of aromatic nitrogens is 5. The third-order valence-electron chi connectivity index (χ3n) is 2.47. The number of aryl methyl sites for hydroxylation is 1. The first-order valence-corrected chi connectivity index (χ1v) is 4.82. The van der Waals surface area contributed by atoms with Crippen LogP contribution in [0.2, 0.25) is 0 Å². The lowest BCUT2D eigenvalue weighted by Crippen LogP contribution is -1.96. The van der Waals surface area contributed by atoms with Gasteiger partial charge in [-0.05, 0) is 6.07 Å². The Balaban J connectivity index is 2.22. The lowest BCUT2D eigenvalue weighted by atomic mass is 10.2. The summed E-state index contributed by atoms with van der Waals surface area (Å²) in [4.78, 5) is 3.94. The molecular weight excluding hydrogens is 204 g/mol. The normalized spacial score (nSPS) is 11.1. The summed E-state index contributed by atoms with van der Waals surface area (Å²) in [5.41, 5.74) is 8.63. The lowest BCUT2D eigenvalue weighted by molar-refractivity contribution is 0.768. The lowest BCUT2D eigenvalue weighted by Gasteiger charge is -1.93. The fourth-order valence-electron chi connectivity index (χ4n) is 1.68. The zero-order chi connectivity index (χ0) is 11.1. The van der Waals surface area contributed by atoms with E-state index in [0.717, 1.165) is 16.6 Å². The van der Waals surface area contributed by atoms with Crippen LogP contribution >= 0.6 is 0 Å². The van der Waals surface area contributed by atoms with Gasteiger partial charge in [-0.2, -0.15) is 10.2 Å². The Morgan fingerprint density at radius 1 is 1.19 bits per heavy atom. The Morgan fingerprint density at radius 2 is 2.06 bits per heavy atom. The molecule has 16 heavy (non-hydrogen) atoms. The topological polar surface area (TPSA) is 74.0 Å². The third kappa shape index (κ3) is 1.23. The summed E-state index contributed by atoms with van der Waals surface area (Å²) < 4.78 is 3.47. The SMILES string of the molecule is Cn1cc(-c2cc3c(N)ncnn3c2)cn1. The Hall–Kier alpha value is -2.37. The van der Waals surface area contributed by atoms with Crippen LogP contribution in [0.15, 0.2) is 31.0 Å². The van der Waals surface area contributed by atoms with Crippen LogP contribution in [-0.2, 0) is 7.05 Å². The van der Waals surface area contributed by atoms with Crippen LogP contribution < -0.4 is 5.73 Å². The van der Waals surface area contributed by atoms with E-state index in [0.29, 0.717) is 5.82 Å². The van der Waals surface area contributed by atoms with Gasteiger partial charge in [0.1, 0.15) is 11.8 Å². The predicted octanol–water partition coefficient (Wildman–Crippen LogP) is 0.712. The molecule has 2 N–H and O–H groups in total. The Kier molecular flexibility index (Phi) is 1.70. The maximum Gasteiger partial charge on any atom is 0.151 e. The molecule has 0 saturated carbocycles. The third-order valence-corrected chi connectivity index (χ3v) is 2.47. The molecular formula is C10H10N6. The number of anilines is 1. The molecule has 3 rings (SSSR count). The average molecular weight is 214 g/mol. The van der Waals surface area contributed by atoms with Gasteiger partial charge in [-0.15, -0.1) is 0 Å². The number of hydrogen-bond acceptors (Lipinski definition) is 4. The highest BCUT2D eigenvalue weighted by Gasteiger charge is 2.07. The minimum absolute atomic E-state index is 0.477. The van der Waals surface area contributed by atoms with E-state index in [1.807, 2.05) is 25.5 Å². The van der Waals surface area contributed by atoms with E-state index >= 15 is 0 Å². The molecule has 0 aliphatic carbocycles. The summed E-state index contributed by atoms with van der Waals surface area (Å²) in [6, 6.07) is 1.95. The smallest absolute Gasteiger partial charge is 0.151 e. The molecule has 6 nitrogen and oxygen atoms in total. The van der Waals surface area contributed by atoms with E-state index in [2.05, 4.69) is 15.2 Å². The standard InChI is InChI=1S/C10H10N6/c1-15-4-8(3-13-15)7-2-9-10(11)12-6-14-16(9)5-7/h2-6H,1H3,(H2,11,12,14). The Morgan fingerprint density at radius 3 is 2.75 bits per heavy atom. The Labute approximate surface area is 91.3 Å². The van der Waals surface area contributed by atoms with E-state index < -0.39 is 0 Å². The van der Waals surface area contributed by atoms with E-state index in [1.54, 1.807) is 15.4 Å². The van der Waals surface area contributed by atoms with Crippen LogP contribution in [0.1, 0.15) is 0 Å². The highest BCUT2D eigenvalue weighted by molar-refractivity contribution is 5.75. The minimum Gasteiger partial charge on any atom is -0.382 e. The highest BCUT2D eigenvalue weighted by atomic mass is 15.2. The molecule has 3 aromatic rings. The van der Waals surface area contributed by atoms with Gasteiger partial charge >= 0.3 is 0 Å². The van der Waals surface area contributed by atoms with Crippen molar-refractivity contribution < 1.29 is 0 Å². The highest BCUT2D eigenvalue weighted by Crippen LogP contribution is 2.22. The summed E-state index contributed by atoms with van der Waals surface area (Å²) in [7, 11) is 1.88. The summed E-state index contributed by atoms with van der Waals surface area (Å²) in [6.07, 6.45) is 7.09. The second-order valence-electron chi connectivity index (χ2n) is 3.61. The van der Waals surface area contributed by atoms with E-state index in [1.165, 1.54) is 6.33 Å². The summed E-state index contributed by atoms with van der Waals surface area (Å²) in [5.74, 6) is 0.477. The van der Waals surface area contributed by atoms with E-state index in [9.17, 15) is 0 Å². The van der Waals surface area contributed by atoms with Gasteiger partial charge in [0.2, 0.25) is 0 Å². The van der Waals surface area contributed by atoms with Gasteiger partial charge in [-0.1, -0.05) is 0 Å². The van der Waals surface area contributed by atoms with Gasteiger partial charge in [0.15, 0.2) is 5.82 Å². The second kappa shape index (κ2) is 3.06. The van der Waals surface area contributed by atoms with Crippen LogP contribution in [-0.4, -0.2) is 24.4 Å². The van der Waals surface area contributed by atoms with Gasteiger partial charge < -0.3 is 5.73 Å². The summed E-state index contributed by atoms with van der Waals surface area (Å²) in [6.45, 7) is 0. The molecule has 0 spiro atoms. The van der Waals surface area contributed by atoms with Crippen molar-refractivity contribution in [1.82, 2.24) is 24.4 Å². The van der Waals surface area contributed by atoms with Crippen LogP contribution in [0.5, 0.6) is 0 Å². The maximum absolute atomic E-state index is 5.76. The molecule has 3 aromatic heterocycles. The zero-order valence-electron chi connectivity index (χ0n) is 8.70. The summed E-state index contributed by atoms with van der Waals surface area (Å²) >= 11 is 0. The molecule has 0 unspecified atom stereocenters. The number of nitrogens with zero attached hydrogens (tertiary/aromatic N) is 5. The molecule has 0 aliphatic heterocycles. The molecule has 0 fully saturated rings. The molecule has 6 heteroatoms. The fourth-order valence-corrected chi connectivity index (χ4v) is 1.68.